The topological polar surface area (TPSA) is 53.7 Å². The van der Waals surface area contributed by atoms with Crippen molar-refractivity contribution in [3.63, 3.8) is 0 Å². The van der Waals surface area contributed by atoms with E-state index in [0.717, 1.165) is 55.9 Å². The Balaban J connectivity index is 0.000000108. The Morgan fingerprint density at radius 2 is 0.415 bits per heavy atom. The number of hydrogen-bond donors (Lipinski definition) is 0. The van der Waals surface area contributed by atoms with Gasteiger partial charge < -0.3 is 13.6 Å². The summed E-state index contributed by atoms with van der Waals surface area (Å²) in [5.41, 5.74) is 31.2. The van der Waals surface area contributed by atoms with Gasteiger partial charge in [-0.15, -0.1) is 0 Å². The highest BCUT2D eigenvalue weighted by molar-refractivity contribution is 6.25. The Morgan fingerprint density at radius 1 is 0.148 bits per heavy atom. The lowest BCUT2D eigenvalue weighted by Crippen LogP contribution is -1.97. The number of benzene rings is 25. The maximum atomic E-state index is 6.06. The van der Waals surface area contributed by atoms with Crippen LogP contribution in [0.4, 0.5) is 0 Å². The molecule has 142 heavy (non-hydrogen) atoms. The monoisotopic (exact) mass is 1810 g/mol. The number of nitrogens with zero attached hydrogens (tertiary/aromatic N) is 5. The zero-order chi connectivity index (χ0) is 93.7. The maximum Gasteiger partial charge on any atom is 0.227 e. The van der Waals surface area contributed by atoms with Crippen LogP contribution >= 0.6 is 0 Å². The van der Waals surface area contributed by atoms with Crippen LogP contribution in [0.15, 0.2) is 532 Å². The SMILES string of the molecule is c1ccc(-n2c(-c3ccc(-c4ccc5c(-c6ccc7ccccc7c6)c6ccccc6c(-c6ccc7ccccc7c6)c5c4)cc3)nc3ccccc32)cc1.c1ccc2c(c1)c1ccccc1n2-c1ccc(-c2ccc(-n3c4ccccc4c4ccccc43)cc2)cc1.c1ccc2cc(-c3c4ccccc4c(-c4ccc5ccccc5c4)c4cc(-c5ccc(-c6nc7ccccc7o6)cc5)ccc34)ccc2c1. The molecule has 0 fully saturated rings. The summed E-state index contributed by atoms with van der Waals surface area (Å²) in [5.74, 6) is 1.57. The average Bonchev–Trinajstić information content (AvgIpc) is 1.24. The molecule has 6 heteroatoms. The summed E-state index contributed by atoms with van der Waals surface area (Å²) < 4.78 is 13.0. The number of fused-ring (bicyclic) bond motifs is 16. The molecule has 29 rings (SSSR count). The van der Waals surface area contributed by atoms with Gasteiger partial charge in [0.05, 0.1) is 33.1 Å². The van der Waals surface area contributed by atoms with E-state index in [1.54, 1.807) is 0 Å². The molecule has 4 heterocycles. The highest BCUT2D eigenvalue weighted by atomic mass is 16.3. The largest absolute Gasteiger partial charge is 0.436 e. The van der Waals surface area contributed by atoms with Gasteiger partial charge in [0.25, 0.3) is 0 Å². The van der Waals surface area contributed by atoms with Gasteiger partial charge in [-0.25, -0.2) is 9.97 Å². The van der Waals surface area contributed by atoms with Crippen molar-refractivity contribution in [3.8, 4) is 118 Å². The third-order valence-electron chi connectivity index (χ3n) is 28.8. The zero-order valence-electron chi connectivity index (χ0n) is 77.4. The van der Waals surface area contributed by atoms with Gasteiger partial charge in [-0.1, -0.05) is 394 Å². The van der Waals surface area contributed by atoms with E-state index in [2.05, 4.69) is 517 Å². The molecule has 0 aliphatic rings. The first-order chi connectivity index (χ1) is 70.4. The Labute approximate surface area is 819 Å². The molecule has 0 spiro atoms. The van der Waals surface area contributed by atoms with Gasteiger partial charge in [0.15, 0.2) is 5.58 Å². The second-order valence-corrected chi connectivity index (χ2v) is 36.9. The van der Waals surface area contributed by atoms with E-state index in [1.165, 1.54) is 208 Å². The molecule has 0 unspecified atom stereocenters. The summed E-state index contributed by atoms with van der Waals surface area (Å²) in [6, 6.07) is 191. The van der Waals surface area contributed by atoms with Crippen molar-refractivity contribution in [3.05, 3.63) is 528 Å². The third-order valence-corrected chi connectivity index (χ3v) is 28.8. The van der Waals surface area contributed by atoms with Crippen molar-refractivity contribution in [1.29, 1.82) is 0 Å². The normalized spacial score (nSPS) is 11.7. The van der Waals surface area contributed by atoms with Gasteiger partial charge in [0, 0.05) is 49.7 Å². The van der Waals surface area contributed by atoms with Crippen molar-refractivity contribution in [2.75, 3.05) is 0 Å². The van der Waals surface area contributed by atoms with Crippen LogP contribution in [0.2, 0.25) is 0 Å². The molecule has 0 amide bonds. The number of para-hydroxylation sites is 9. The summed E-state index contributed by atoms with van der Waals surface area (Å²) in [5, 5.41) is 25.1. The first-order valence-electron chi connectivity index (χ1n) is 48.6. The fourth-order valence-corrected chi connectivity index (χ4v) is 22.0. The molecule has 0 aliphatic carbocycles. The lowest BCUT2D eigenvalue weighted by Gasteiger charge is -2.19. The van der Waals surface area contributed by atoms with E-state index in [4.69, 9.17) is 14.4 Å². The number of imidazole rings is 1. The van der Waals surface area contributed by atoms with Gasteiger partial charge in [-0.2, -0.15) is 0 Å². The highest BCUT2D eigenvalue weighted by Crippen LogP contribution is 2.50. The van der Waals surface area contributed by atoms with Crippen LogP contribution in [0, 0.1) is 0 Å². The van der Waals surface area contributed by atoms with Crippen molar-refractivity contribution in [1.82, 2.24) is 23.7 Å². The molecule has 0 N–H and O–H groups in total. The molecular weight excluding hydrogens is 1720 g/mol. The van der Waals surface area contributed by atoms with E-state index in [0.29, 0.717) is 5.89 Å². The van der Waals surface area contributed by atoms with E-state index in [-0.39, 0.29) is 0 Å². The minimum absolute atomic E-state index is 0.636. The van der Waals surface area contributed by atoms with E-state index in [1.807, 2.05) is 24.3 Å². The number of rotatable bonds is 12. The maximum absolute atomic E-state index is 6.06. The molecule has 662 valence electrons. The van der Waals surface area contributed by atoms with Crippen LogP contribution in [0.1, 0.15) is 0 Å². The molecule has 0 aliphatic heterocycles. The summed E-state index contributed by atoms with van der Waals surface area (Å²) in [6.07, 6.45) is 0. The predicted octanol–water partition coefficient (Wildman–Crippen LogP) is 37.0. The second kappa shape index (κ2) is 34.7. The lowest BCUT2D eigenvalue weighted by molar-refractivity contribution is 0.620. The van der Waals surface area contributed by atoms with E-state index < -0.39 is 0 Å². The Bertz CT molecular complexity index is 9740. The Hall–Kier alpha value is -18.9. The fourth-order valence-electron chi connectivity index (χ4n) is 22.0. The second-order valence-electron chi connectivity index (χ2n) is 36.9. The first kappa shape index (κ1) is 82.6. The molecule has 0 radical (unpaired) electrons. The molecule has 0 bridgehead atoms. The van der Waals surface area contributed by atoms with Crippen LogP contribution in [0.3, 0.4) is 0 Å². The quantitative estimate of drug-likeness (QED) is 0.115. The first-order valence-corrected chi connectivity index (χ1v) is 48.6. The summed E-state index contributed by atoms with van der Waals surface area (Å²) in [6.45, 7) is 0. The smallest absolute Gasteiger partial charge is 0.227 e. The van der Waals surface area contributed by atoms with Crippen LogP contribution in [0.25, 0.3) is 270 Å². The van der Waals surface area contributed by atoms with Crippen molar-refractivity contribution >= 4 is 152 Å². The van der Waals surface area contributed by atoms with Crippen LogP contribution < -0.4 is 0 Å². The van der Waals surface area contributed by atoms with Gasteiger partial charge in [0.2, 0.25) is 5.89 Å². The minimum atomic E-state index is 0.636. The molecule has 6 nitrogen and oxygen atoms in total. The predicted molar refractivity (Wildman–Crippen MR) is 599 cm³/mol. The summed E-state index contributed by atoms with van der Waals surface area (Å²) >= 11 is 0. The molecule has 4 aromatic heterocycles. The third kappa shape index (κ3) is 14.5. The van der Waals surface area contributed by atoms with Gasteiger partial charge in [-0.3, -0.25) is 4.57 Å². The molecule has 0 atom stereocenters. The Morgan fingerprint density at radius 3 is 0.803 bits per heavy atom. The van der Waals surface area contributed by atoms with E-state index in [9.17, 15) is 0 Å². The lowest BCUT2D eigenvalue weighted by atomic mass is 9.84. The fraction of sp³-hybridized carbons (Fsp3) is 0. The molecular formula is C136H87N5O. The van der Waals surface area contributed by atoms with Crippen molar-refractivity contribution in [2.45, 2.75) is 0 Å². The van der Waals surface area contributed by atoms with Crippen LogP contribution in [-0.4, -0.2) is 23.7 Å². The molecule has 25 aromatic carbocycles. The van der Waals surface area contributed by atoms with Crippen molar-refractivity contribution in [2.24, 2.45) is 0 Å². The number of aromatic nitrogens is 5. The average molecular weight is 1810 g/mol. The number of hydrogen-bond acceptors (Lipinski definition) is 3. The summed E-state index contributed by atoms with van der Waals surface area (Å²) in [4.78, 5) is 9.83. The van der Waals surface area contributed by atoms with E-state index >= 15 is 0 Å². The summed E-state index contributed by atoms with van der Waals surface area (Å²) in [7, 11) is 0. The van der Waals surface area contributed by atoms with Crippen LogP contribution in [0.5, 0.6) is 0 Å². The van der Waals surface area contributed by atoms with Crippen LogP contribution in [-0.2, 0) is 0 Å². The standard InChI is InChI=1S/C53H34N2.C47H29NO.C36H24N2/c1-2-16-44(17-3-1)55-50-21-11-10-20-49(50)54-53(55)38-26-22-37(23-27-38)41-30-31-47-48(34-41)52(43-29-25-36-13-5-7-15-40(36)33-43)46-19-9-8-18-45(46)51(47)42-28-24-35-12-4-6-14-39(35)32-42;1-3-11-34-27-37(23-19-30(34)9-1)45-39-13-5-6-14-40(39)46(38-24-20-31-10-2-4-12-35(31)28-38)42-29-36(25-26-41(42)45)32-17-21-33(22-18-32)47-48-43-15-7-8-16-44(43)49-47;1-5-13-33-29(9-1)30-10-2-6-14-34(30)37(33)27-21-17-25(18-22-27)26-19-23-28(24-20-26)38-35-15-7-3-11-31(35)32-12-4-8-16-36(32)38/h1-34H;1-29H;1-24H. The van der Waals surface area contributed by atoms with Gasteiger partial charge in [-0.05, 0) is 298 Å². The molecule has 0 saturated carbocycles. The van der Waals surface area contributed by atoms with Gasteiger partial charge >= 0.3 is 0 Å². The van der Waals surface area contributed by atoms with Gasteiger partial charge in [0.1, 0.15) is 11.3 Å². The molecule has 29 aromatic rings. The number of oxazole rings is 1. The molecule has 0 saturated heterocycles. The highest BCUT2D eigenvalue weighted by Gasteiger charge is 2.25. The zero-order valence-corrected chi connectivity index (χ0v) is 77.4. The van der Waals surface area contributed by atoms with Crippen molar-refractivity contribution < 1.29 is 4.42 Å². The minimum Gasteiger partial charge on any atom is -0.436 e. The Kier molecular flexibility index (Phi) is 20.2.